The number of thioether (sulfide) groups is 1. The molecule has 1 aromatic rings. The van der Waals surface area contributed by atoms with Crippen LogP contribution in [0, 0.1) is 6.92 Å². The van der Waals surface area contributed by atoms with E-state index < -0.39 is 0 Å². The lowest BCUT2D eigenvalue weighted by Crippen LogP contribution is -2.20. The summed E-state index contributed by atoms with van der Waals surface area (Å²) < 4.78 is 5.64. The summed E-state index contributed by atoms with van der Waals surface area (Å²) in [6.45, 7) is 4.47. The van der Waals surface area contributed by atoms with Crippen LogP contribution in [0.5, 0.6) is 0 Å². The van der Waals surface area contributed by atoms with Gasteiger partial charge in [-0.2, -0.15) is 11.8 Å². The maximum Gasteiger partial charge on any atom is 0.120 e. The summed E-state index contributed by atoms with van der Waals surface area (Å²) in [4.78, 5) is 2.26. The summed E-state index contributed by atoms with van der Waals surface area (Å²) in [5.41, 5.74) is 6.72. The quantitative estimate of drug-likeness (QED) is 0.807. The minimum absolute atomic E-state index is 0.486. The van der Waals surface area contributed by atoms with Gasteiger partial charge in [0, 0.05) is 12.3 Å². The summed E-state index contributed by atoms with van der Waals surface area (Å²) in [6, 6.07) is 2.08. The number of nitrogens with zero attached hydrogens (tertiary/aromatic N) is 1. The third-order valence-electron chi connectivity index (χ3n) is 2.36. The largest absolute Gasteiger partial charge is 0.463 e. The van der Waals surface area contributed by atoms with Crippen molar-refractivity contribution in [3.05, 3.63) is 23.2 Å². The highest BCUT2D eigenvalue weighted by atomic mass is 32.2. The molecule has 1 rings (SSSR count). The molecule has 1 aromatic heterocycles. The Labute approximate surface area is 96.0 Å². The summed E-state index contributed by atoms with van der Waals surface area (Å²) in [6.07, 6.45) is 2.12. The molecule has 4 heteroatoms. The van der Waals surface area contributed by atoms with Crippen molar-refractivity contribution < 1.29 is 4.42 Å². The molecule has 3 nitrogen and oxygen atoms in total. The van der Waals surface area contributed by atoms with Crippen molar-refractivity contribution in [2.75, 3.05) is 25.6 Å². The molecule has 0 aromatic carbocycles. The SMILES string of the molecule is CSCCN(C)Cc1cc(C)c(CN)o1. The molecule has 0 aliphatic rings. The summed E-state index contributed by atoms with van der Waals surface area (Å²) in [7, 11) is 2.11. The van der Waals surface area contributed by atoms with E-state index in [0.717, 1.165) is 35.9 Å². The number of furan rings is 1. The van der Waals surface area contributed by atoms with Gasteiger partial charge in [-0.1, -0.05) is 0 Å². The molecule has 0 saturated carbocycles. The average molecular weight is 228 g/mol. The standard InChI is InChI=1S/C11H20N2OS/c1-9-6-10(14-11(9)7-12)8-13(2)4-5-15-3/h6H,4-5,7-8,12H2,1-3H3. The Hall–Kier alpha value is -0.450. The second-order valence-corrected chi connectivity index (χ2v) is 4.74. The number of hydrogen-bond acceptors (Lipinski definition) is 4. The van der Waals surface area contributed by atoms with Crippen molar-refractivity contribution in [2.24, 2.45) is 5.73 Å². The predicted molar refractivity (Wildman–Crippen MR) is 66.1 cm³/mol. The Morgan fingerprint density at radius 2 is 2.27 bits per heavy atom. The first-order valence-corrected chi connectivity index (χ1v) is 6.52. The average Bonchev–Trinajstić information content (AvgIpc) is 2.55. The molecule has 0 aliphatic heterocycles. The fraction of sp³-hybridized carbons (Fsp3) is 0.636. The molecular formula is C11H20N2OS. The third-order valence-corrected chi connectivity index (χ3v) is 2.95. The van der Waals surface area contributed by atoms with E-state index in [2.05, 4.69) is 24.3 Å². The first-order valence-electron chi connectivity index (χ1n) is 5.13. The van der Waals surface area contributed by atoms with Crippen molar-refractivity contribution in [2.45, 2.75) is 20.0 Å². The smallest absolute Gasteiger partial charge is 0.120 e. The summed E-state index contributed by atoms with van der Waals surface area (Å²) in [5, 5.41) is 0. The lowest BCUT2D eigenvalue weighted by molar-refractivity contribution is 0.306. The van der Waals surface area contributed by atoms with Gasteiger partial charge in [0.15, 0.2) is 0 Å². The lowest BCUT2D eigenvalue weighted by atomic mass is 10.2. The van der Waals surface area contributed by atoms with E-state index in [1.807, 2.05) is 18.7 Å². The van der Waals surface area contributed by atoms with Crippen LogP contribution in [0.2, 0.25) is 0 Å². The highest BCUT2D eigenvalue weighted by Crippen LogP contribution is 2.15. The monoisotopic (exact) mass is 228 g/mol. The van der Waals surface area contributed by atoms with Gasteiger partial charge in [0.25, 0.3) is 0 Å². The number of hydrogen-bond donors (Lipinski definition) is 1. The van der Waals surface area contributed by atoms with Gasteiger partial charge in [0.1, 0.15) is 11.5 Å². The Kier molecular flexibility index (Phi) is 5.22. The van der Waals surface area contributed by atoms with Gasteiger partial charge in [-0.3, -0.25) is 4.90 Å². The number of aryl methyl sites for hydroxylation is 1. The van der Waals surface area contributed by atoms with Crippen LogP contribution in [0.4, 0.5) is 0 Å². The molecule has 0 atom stereocenters. The Morgan fingerprint density at radius 1 is 1.53 bits per heavy atom. The van der Waals surface area contributed by atoms with Crippen molar-refractivity contribution in [1.29, 1.82) is 0 Å². The van der Waals surface area contributed by atoms with Crippen molar-refractivity contribution in [1.82, 2.24) is 4.90 Å². The molecule has 0 fully saturated rings. The first-order chi connectivity index (χ1) is 7.17. The maximum atomic E-state index is 5.64. The Balaban J connectivity index is 2.49. The lowest BCUT2D eigenvalue weighted by Gasteiger charge is -2.13. The van der Waals surface area contributed by atoms with E-state index in [-0.39, 0.29) is 0 Å². The molecule has 0 aliphatic carbocycles. The second-order valence-electron chi connectivity index (χ2n) is 3.75. The minimum atomic E-state index is 0.486. The number of nitrogens with two attached hydrogens (primary N) is 1. The molecular weight excluding hydrogens is 208 g/mol. The van der Waals surface area contributed by atoms with Crippen LogP contribution in [0.1, 0.15) is 17.1 Å². The van der Waals surface area contributed by atoms with E-state index in [1.54, 1.807) is 0 Å². The van der Waals surface area contributed by atoms with Gasteiger partial charge in [-0.15, -0.1) is 0 Å². The van der Waals surface area contributed by atoms with Gasteiger partial charge in [-0.05, 0) is 31.9 Å². The van der Waals surface area contributed by atoms with Gasteiger partial charge >= 0.3 is 0 Å². The van der Waals surface area contributed by atoms with Crippen LogP contribution >= 0.6 is 11.8 Å². The fourth-order valence-electron chi connectivity index (χ4n) is 1.46. The minimum Gasteiger partial charge on any atom is -0.463 e. The Morgan fingerprint density at radius 3 is 2.80 bits per heavy atom. The van der Waals surface area contributed by atoms with Gasteiger partial charge in [0.2, 0.25) is 0 Å². The van der Waals surface area contributed by atoms with E-state index in [4.69, 9.17) is 10.2 Å². The van der Waals surface area contributed by atoms with Crippen molar-refractivity contribution in [3.63, 3.8) is 0 Å². The fourth-order valence-corrected chi connectivity index (χ4v) is 1.96. The zero-order chi connectivity index (χ0) is 11.3. The highest BCUT2D eigenvalue weighted by molar-refractivity contribution is 7.98. The van der Waals surface area contributed by atoms with Crippen molar-refractivity contribution >= 4 is 11.8 Å². The first kappa shape index (κ1) is 12.6. The van der Waals surface area contributed by atoms with E-state index in [1.165, 1.54) is 0 Å². The van der Waals surface area contributed by atoms with Crippen LogP contribution < -0.4 is 5.73 Å². The maximum absolute atomic E-state index is 5.64. The van der Waals surface area contributed by atoms with Gasteiger partial charge in [0.05, 0.1) is 13.1 Å². The van der Waals surface area contributed by atoms with Crippen LogP contribution in [0.15, 0.2) is 10.5 Å². The zero-order valence-corrected chi connectivity index (χ0v) is 10.6. The molecule has 0 unspecified atom stereocenters. The molecule has 0 amide bonds. The van der Waals surface area contributed by atoms with Crippen molar-refractivity contribution in [3.8, 4) is 0 Å². The molecule has 2 N–H and O–H groups in total. The highest BCUT2D eigenvalue weighted by Gasteiger charge is 2.07. The topological polar surface area (TPSA) is 42.4 Å². The predicted octanol–water partition coefficient (Wildman–Crippen LogP) is 1.84. The van der Waals surface area contributed by atoms with E-state index >= 15 is 0 Å². The summed E-state index contributed by atoms with van der Waals surface area (Å²) in [5.74, 6) is 3.07. The van der Waals surface area contributed by atoms with E-state index in [0.29, 0.717) is 6.54 Å². The third kappa shape index (κ3) is 3.89. The van der Waals surface area contributed by atoms with Crippen LogP contribution in [-0.2, 0) is 13.1 Å². The summed E-state index contributed by atoms with van der Waals surface area (Å²) >= 11 is 1.86. The molecule has 86 valence electrons. The number of rotatable bonds is 6. The Bertz CT molecular complexity index is 299. The van der Waals surface area contributed by atoms with Crippen LogP contribution in [-0.4, -0.2) is 30.5 Å². The molecule has 0 spiro atoms. The molecule has 0 radical (unpaired) electrons. The van der Waals surface area contributed by atoms with Crippen LogP contribution in [0.3, 0.4) is 0 Å². The van der Waals surface area contributed by atoms with Crippen LogP contribution in [0.25, 0.3) is 0 Å². The normalized spacial score (nSPS) is 11.3. The molecule has 0 bridgehead atoms. The van der Waals surface area contributed by atoms with Gasteiger partial charge < -0.3 is 10.2 Å². The molecule has 0 saturated heterocycles. The van der Waals surface area contributed by atoms with E-state index in [9.17, 15) is 0 Å². The van der Waals surface area contributed by atoms with Gasteiger partial charge in [-0.25, -0.2) is 0 Å². The molecule has 1 heterocycles. The molecule has 15 heavy (non-hydrogen) atoms. The zero-order valence-electron chi connectivity index (χ0n) is 9.75. The second kappa shape index (κ2) is 6.20.